The third-order valence-corrected chi connectivity index (χ3v) is 3.77. The number of rotatable bonds is 6. The topological polar surface area (TPSA) is 70.7 Å². The average Bonchev–Trinajstić information content (AvgIpc) is 2.80. The summed E-state index contributed by atoms with van der Waals surface area (Å²) in [4.78, 5) is 12.0. The van der Waals surface area contributed by atoms with Crippen molar-refractivity contribution in [3.8, 4) is 6.07 Å². The standard InChI is InChI=1S/C17H18F2N4O/c1-11-14(12(2)23(22-11)9-3-8-20)5-7-17(24)21-16-6-4-13(18)10-15(16)19/h4,6,10H,3,5,7,9H2,1-2H3,(H,21,24). The minimum absolute atomic E-state index is 0.0421. The first kappa shape index (κ1) is 17.6. The van der Waals surface area contributed by atoms with Gasteiger partial charge in [0.05, 0.1) is 30.4 Å². The number of aryl methyl sites for hydroxylation is 2. The summed E-state index contributed by atoms with van der Waals surface area (Å²) in [5.74, 6) is -1.86. The zero-order chi connectivity index (χ0) is 17.7. The van der Waals surface area contributed by atoms with Gasteiger partial charge in [0.15, 0.2) is 0 Å². The normalized spacial score (nSPS) is 10.5. The minimum Gasteiger partial charge on any atom is -0.324 e. The number of nitrogens with one attached hydrogen (secondary N) is 1. The Kier molecular flexibility index (Phi) is 5.64. The number of carbonyl (C=O) groups excluding carboxylic acids is 1. The number of aromatic nitrogens is 2. The van der Waals surface area contributed by atoms with Crippen LogP contribution in [-0.2, 0) is 17.8 Å². The van der Waals surface area contributed by atoms with Crippen LogP contribution in [0.2, 0.25) is 0 Å². The van der Waals surface area contributed by atoms with E-state index >= 15 is 0 Å². The second kappa shape index (κ2) is 7.68. The van der Waals surface area contributed by atoms with Crippen molar-refractivity contribution in [3.63, 3.8) is 0 Å². The zero-order valence-corrected chi connectivity index (χ0v) is 13.6. The number of halogens is 2. The van der Waals surface area contributed by atoms with Gasteiger partial charge in [0, 0.05) is 18.2 Å². The van der Waals surface area contributed by atoms with Gasteiger partial charge in [-0.05, 0) is 38.0 Å². The molecule has 0 aliphatic heterocycles. The van der Waals surface area contributed by atoms with Crippen LogP contribution in [0.1, 0.15) is 29.8 Å². The van der Waals surface area contributed by atoms with Crippen molar-refractivity contribution in [1.29, 1.82) is 5.26 Å². The quantitative estimate of drug-likeness (QED) is 0.882. The lowest BCUT2D eigenvalue weighted by atomic mass is 10.1. The van der Waals surface area contributed by atoms with E-state index in [1.54, 1.807) is 4.68 Å². The molecule has 24 heavy (non-hydrogen) atoms. The van der Waals surface area contributed by atoms with Gasteiger partial charge >= 0.3 is 0 Å². The van der Waals surface area contributed by atoms with E-state index in [4.69, 9.17) is 5.26 Å². The molecule has 0 radical (unpaired) electrons. The van der Waals surface area contributed by atoms with Crippen LogP contribution in [0.25, 0.3) is 0 Å². The van der Waals surface area contributed by atoms with E-state index in [1.807, 2.05) is 13.8 Å². The van der Waals surface area contributed by atoms with E-state index < -0.39 is 11.6 Å². The van der Waals surface area contributed by atoms with Gasteiger partial charge in [-0.25, -0.2) is 8.78 Å². The van der Waals surface area contributed by atoms with Crippen LogP contribution in [-0.4, -0.2) is 15.7 Å². The highest BCUT2D eigenvalue weighted by molar-refractivity contribution is 5.90. The molecule has 1 aromatic heterocycles. The lowest BCUT2D eigenvalue weighted by Gasteiger charge is -2.07. The Bertz CT molecular complexity index is 793. The Balaban J connectivity index is 1.99. The maximum Gasteiger partial charge on any atom is 0.224 e. The Morgan fingerprint density at radius 1 is 1.38 bits per heavy atom. The molecule has 0 atom stereocenters. The molecule has 5 nitrogen and oxygen atoms in total. The molecule has 1 aromatic carbocycles. The smallest absolute Gasteiger partial charge is 0.224 e. The largest absolute Gasteiger partial charge is 0.324 e. The van der Waals surface area contributed by atoms with Crippen molar-refractivity contribution in [1.82, 2.24) is 9.78 Å². The van der Waals surface area contributed by atoms with Crippen molar-refractivity contribution < 1.29 is 13.6 Å². The molecule has 1 amide bonds. The fourth-order valence-electron chi connectivity index (χ4n) is 2.51. The number of benzene rings is 1. The summed E-state index contributed by atoms with van der Waals surface area (Å²) < 4.78 is 28.1. The molecule has 0 spiro atoms. The van der Waals surface area contributed by atoms with Gasteiger partial charge in [-0.1, -0.05) is 0 Å². The third-order valence-electron chi connectivity index (χ3n) is 3.77. The minimum atomic E-state index is -0.806. The Hall–Kier alpha value is -2.75. The fourth-order valence-corrected chi connectivity index (χ4v) is 2.51. The SMILES string of the molecule is Cc1nn(CCC#N)c(C)c1CCC(=O)Nc1ccc(F)cc1F. The summed E-state index contributed by atoms with van der Waals surface area (Å²) >= 11 is 0. The van der Waals surface area contributed by atoms with Crippen LogP contribution in [0, 0.1) is 36.8 Å². The number of amides is 1. The monoisotopic (exact) mass is 332 g/mol. The van der Waals surface area contributed by atoms with Crippen LogP contribution >= 0.6 is 0 Å². The number of carbonyl (C=O) groups is 1. The molecular formula is C17H18F2N4O. The highest BCUT2D eigenvalue weighted by Crippen LogP contribution is 2.18. The molecular weight excluding hydrogens is 314 g/mol. The first-order chi connectivity index (χ1) is 11.4. The van der Waals surface area contributed by atoms with Crippen LogP contribution in [0.15, 0.2) is 18.2 Å². The number of nitriles is 1. The molecule has 0 fully saturated rings. The highest BCUT2D eigenvalue weighted by atomic mass is 19.1. The summed E-state index contributed by atoms with van der Waals surface area (Å²) in [6, 6.07) is 5.08. The van der Waals surface area contributed by atoms with E-state index in [2.05, 4.69) is 16.5 Å². The van der Waals surface area contributed by atoms with Crippen LogP contribution in [0.3, 0.4) is 0 Å². The number of hydrogen-bond acceptors (Lipinski definition) is 3. The lowest BCUT2D eigenvalue weighted by molar-refractivity contribution is -0.116. The molecule has 2 rings (SSSR count). The molecule has 1 heterocycles. The first-order valence-electron chi connectivity index (χ1n) is 7.57. The number of nitrogens with zero attached hydrogens (tertiary/aromatic N) is 3. The first-order valence-corrected chi connectivity index (χ1v) is 7.57. The van der Waals surface area contributed by atoms with Crippen molar-refractivity contribution >= 4 is 11.6 Å². The van der Waals surface area contributed by atoms with Gasteiger partial charge in [-0.3, -0.25) is 9.48 Å². The molecule has 2 aromatic rings. The summed E-state index contributed by atoms with van der Waals surface area (Å²) in [7, 11) is 0. The predicted octanol–water partition coefficient (Wildman–Crippen LogP) is 3.26. The summed E-state index contributed by atoms with van der Waals surface area (Å²) in [6.45, 7) is 4.25. The molecule has 0 aliphatic carbocycles. The van der Waals surface area contributed by atoms with E-state index in [0.29, 0.717) is 19.4 Å². The molecule has 0 unspecified atom stereocenters. The fraction of sp³-hybridized carbons (Fsp3) is 0.353. The second-order valence-electron chi connectivity index (χ2n) is 5.45. The maximum absolute atomic E-state index is 13.5. The molecule has 0 bridgehead atoms. The third kappa shape index (κ3) is 4.16. The van der Waals surface area contributed by atoms with Crippen molar-refractivity contribution in [2.75, 3.05) is 5.32 Å². The predicted molar refractivity (Wildman–Crippen MR) is 85.2 cm³/mol. The number of anilines is 1. The van der Waals surface area contributed by atoms with E-state index in [-0.39, 0.29) is 18.0 Å². The van der Waals surface area contributed by atoms with Crippen molar-refractivity contribution in [2.24, 2.45) is 0 Å². The van der Waals surface area contributed by atoms with Crippen LogP contribution in [0.5, 0.6) is 0 Å². The van der Waals surface area contributed by atoms with Crippen molar-refractivity contribution in [2.45, 2.75) is 39.7 Å². The maximum atomic E-state index is 13.5. The van der Waals surface area contributed by atoms with Gasteiger partial charge in [-0.15, -0.1) is 0 Å². The molecule has 1 N–H and O–H groups in total. The van der Waals surface area contributed by atoms with Gasteiger partial charge < -0.3 is 5.32 Å². The summed E-state index contributed by atoms with van der Waals surface area (Å²) in [6.07, 6.45) is 0.979. The van der Waals surface area contributed by atoms with Gasteiger partial charge in [0.2, 0.25) is 5.91 Å². The molecule has 0 saturated carbocycles. The molecule has 0 saturated heterocycles. The highest BCUT2D eigenvalue weighted by Gasteiger charge is 2.14. The van der Waals surface area contributed by atoms with Gasteiger partial charge in [-0.2, -0.15) is 10.4 Å². The molecule has 0 aliphatic rings. The Morgan fingerprint density at radius 2 is 2.12 bits per heavy atom. The van der Waals surface area contributed by atoms with Crippen LogP contribution < -0.4 is 5.32 Å². The van der Waals surface area contributed by atoms with Gasteiger partial charge in [0.1, 0.15) is 11.6 Å². The lowest BCUT2D eigenvalue weighted by Crippen LogP contribution is -2.14. The van der Waals surface area contributed by atoms with E-state index in [9.17, 15) is 13.6 Å². The zero-order valence-electron chi connectivity index (χ0n) is 13.6. The number of hydrogen-bond donors (Lipinski definition) is 1. The Labute approximate surface area is 138 Å². The Morgan fingerprint density at radius 3 is 2.79 bits per heavy atom. The van der Waals surface area contributed by atoms with E-state index in [0.717, 1.165) is 29.1 Å². The van der Waals surface area contributed by atoms with Gasteiger partial charge in [0.25, 0.3) is 0 Å². The average molecular weight is 332 g/mol. The molecule has 126 valence electrons. The van der Waals surface area contributed by atoms with Crippen LogP contribution in [0.4, 0.5) is 14.5 Å². The van der Waals surface area contributed by atoms with Crippen molar-refractivity contribution in [3.05, 3.63) is 46.8 Å². The summed E-state index contributed by atoms with van der Waals surface area (Å²) in [5.41, 5.74) is 2.64. The second-order valence-corrected chi connectivity index (χ2v) is 5.45. The molecule has 7 heteroatoms. The summed E-state index contributed by atoms with van der Waals surface area (Å²) in [5, 5.41) is 15.5. The van der Waals surface area contributed by atoms with E-state index in [1.165, 1.54) is 6.07 Å².